The molecule has 1 aromatic carbocycles. The van der Waals surface area contributed by atoms with Crippen LogP contribution in [-0.2, 0) is 18.3 Å². The number of hydrogen-bond donors (Lipinski definition) is 1. The number of halogens is 2. The number of nitrogens with zero attached hydrogens (tertiary/aromatic N) is 7. The SMILES string of the molecule is COC[C@H]1CN2CC(c3nc(Nc4ccnn4C)ncc3C)=NC2=CN1Cc1ccc(F)c(F)c1. The molecule has 0 radical (unpaired) electrons. The Morgan fingerprint density at radius 3 is 2.80 bits per heavy atom. The van der Waals surface area contributed by atoms with E-state index in [0.717, 1.165) is 34.7 Å². The van der Waals surface area contributed by atoms with Crippen molar-refractivity contribution in [2.75, 3.05) is 32.1 Å². The Morgan fingerprint density at radius 2 is 2.06 bits per heavy atom. The number of methoxy groups -OCH3 is 1. The molecule has 1 atom stereocenters. The molecule has 0 amide bonds. The van der Waals surface area contributed by atoms with Crippen LogP contribution in [0.4, 0.5) is 20.5 Å². The number of aromatic nitrogens is 4. The Kier molecular flexibility index (Phi) is 6.16. The zero-order chi connectivity index (χ0) is 24.5. The van der Waals surface area contributed by atoms with Gasteiger partial charge in [-0.05, 0) is 30.2 Å². The number of nitrogens with one attached hydrogen (secondary N) is 1. The Bertz CT molecular complexity index is 1300. The van der Waals surface area contributed by atoms with Gasteiger partial charge in [0.15, 0.2) is 11.6 Å². The molecule has 2 aliphatic rings. The predicted octanol–water partition coefficient (Wildman–Crippen LogP) is 2.97. The number of anilines is 2. The van der Waals surface area contributed by atoms with E-state index in [1.165, 1.54) is 6.07 Å². The van der Waals surface area contributed by atoms with E-state index in [4.69, 9.17) is 14.7 Å². The number of benzene rings is 1. The van der Waals surface area contributed by atoms with E-state index in [-0.39, 0.29) is 6.04 Å². The van der Waals surface area contributed by atoms with Gasteiger partial charge in [0.05, 0.1) is 36.8 Å². The van der Waals surface area contributed by atoms with Gasteiger partial charge in [-0.1, -0.05) is 6.07 Å². The summed E-state index contributed by atoms with van der Waals surface area (Å²) < 4.78 is 34.3. The van der Waals surface area contributed by atoms with Gasteiger partial charge in [-0.3, -0.25) is 4.68 Å². The van der Waals surface area contributed by atoms with Gasteiger partial charge in [-0.15, -0.1) is 0 Å². The molecule has 9 nitrogen and oxygen atoms in total. The summed E-state index contributed by atoms with van der Waals surface area (Å²) in [6.07, 6.45) is 5.43. The summed E-state index contributed by atoms with van der Waals surface area (Å²) in [6, 6.07) is 5.85. The largest absolute Gasteiger partial charge is 0.382 e. The smallest absolute Gasteiger partial charge is 0.228 e. The zero-order valence-electron chi connectivity index (χ0n) is 19.7. The highest BCUT2D eigenvalue weighted by molar-refractivity contribution is 6.03. The molecular weight excluding hydrogens is 454 g/mol. The van der Waals surface area contributed by atoms with Gasteiger partial charge in [0, 0.05) is 45.7 Å². The van der Waals surface area contributed by atoms with Crippen molar-refractivity contribution >= 4 is 17.5 Å². The number of fused-ring (bicyclic) bond motifs is 1. The minimum Gasteiger partial charge on any atom is -0.382 e. The van der Waals surface area contributed by atoms with Crippen molar-refractivity contribution < 1.29 is 13.5 Å². The molecule has 0 saturated heterocycles. The summed E-state index contributed by atoms with van der Waals surface area (Å²) in [5.74, 6) is 0.339. The fourth-order valence-corrected chi connectivity index (χ4v) is 4.29. The van der Waals surface area contributed by atoms with Gasteiger partial charge < -0.3 is 19.9 Å². The molecule has 0 saturated carbocycles. The molecule has 0 spiro atoms. The van der Waals surface area contributed by atoms with Gasteiger partial charge in [-0.2, -0.15) is 5.10 Å². The Labute approximate surface area is 201 Å². The van der Waals surface area contributed by atoms with E-state index in [1.807, 2.05) is 26.2 Å². The maximum Gasteiger partial charge on any atom is 0.228 e. The first-order valence-corrected chi connectivity index (χ1v) is 11.2. The molecule has 2 aromatic heterocycles. The first-order chi connectivity index (χ1) is 16.9. The van der Waals surface area contributed by atoms with E-state index in [2.05, 4.69) is 25.2 Å². The van der Waals surface area contributed by atoms with Gasteiger partial charge in [0.25, 0.3) is 0 Å². The first kappa shape index (κ1) is 22.9. The predicted molar refractivity (Wildman–Crippen MR) is 127 cm³/mol. The highest BCUT2D eigenvalue weighted by atomic mass is 19.2. The molecule has 0 bridgehead atoms. The lowest BCUT2D eigenvalue weighted by atomic mass is 10.1. The van der Waals surface area contributed by atoms with Crippen LogP contribution in [-0.4, -0.2) is 68.1 Å². The minimum atomic E-state index is -0.854. The second-order valence-corrected chi connectivity index (χ2v) is 8.65. The second-order valence-electron chi connectivity index (χ2n) is 8.65. The van der Waals surface area contributed by atoms with Gasteiger partial charge in [-0.25, -0.2) is 23.7 Å². The van der Waals surface area contributed by atoms with Crippen molar-refractivity contribution in [3.63, 3.8) is 0 Å². The number of aryl methyl sites for hydroxylation is 2. The Balaban J connectivity index is 1.41. The highest BCUT2D eigenvalue weighted by Crippen LogP contribution is 2.27. The third kappa shape index (κ3) is 4.72. The molecule has 3 aromatic rings. The zero-order valence-corrected chi connectivity index (χ0v) is 19.7. The highest BCUT2D eigenvalue weighted by Gasteiger charge is 2.32. The number of hydrogen-bond acceptors (Lipinski definition) is 8. The minimum absolute atomic E-state index is 0.0278. The first-order valence-electron chi connectivity index (χ1n) is 11.2. The summed E-state index contributed by atoms with van der Waals surface area (Å²) in [5.41, 5.74) is 3.22. The fraction of sp³-hybridized carbons (Fsp3) is 0.333. The standard InChI is InChI=1S/C24H26F2N8O/c1-15-9-27-24(30-21-6-7-28-32(21)2)31-23(15)20-12-34-11-17(14-35-3)33(13-22(34)29-20)10-16-4-5-18(25)19(26)8-16/h4-9,13,17H,10-12,14H2,1-3H3,(H,27,30,31)/t17-/m1/s1. The van der Waals surface area contributed by atoms with Crippen molar-refractivity contribution in [1.29, 1.82) is 0 Å². The summed E-state index contributed by atoms with van der Waals surface area (Å²) in [6.45, 7) is 4.15. The van der Waals surface area contributed by atoms with Crippen molar-refractivity contribution in [1.82, 2.24) is 29.5 Å². The van der Waals surface area contributed by atoms with Crippen molar-refractivity contribution in [2.45, 2.75) is 19.5 Å². The maximum atomic E-state index is 13.8. The molecule has 1 N–H and O–H groups in total. The lowest BCUT2D eigenvalue weighted by Gasteiger charge is -2.38. The van der Waals surface area contributed by atoms with Crippen LogP contribution in [0, 0.1) is 18.6 Å². The summed E-state index contributed by atoms with van der Waals surface area (Å²) in [5, 5.41) is 7.34. The summed E-state index contributed by atoms with van der Waals surface area (Å²) >= 11 is 0. The van der Waals surface area contributed by atoms with Crippen LogP contribution in [0.25, 0.3) is 0 Å². The molecule has 0 fully saturated rings. The van der Waals surface area contributed by atoms with Crippen LogP contribution in [0.3, 0.4) is 0 Å². The van der Waals surface area contributed by atoms with Crippen LogP contribution >= 0.6 is 0 Å². The van der Waals surface area contributed by atoms with Gasteiger partial charge in [0.2, 0.25) is 5.95 Å². The average molecular weight is 481 g/mol. The quantitative estimate of drug-likeness (QED) is 0.557. The van der Waals surface area contributed by atoms with Gasteiger partial charge in [0.1, 0.15) is 11.6 Å². The lowest BCUT2D eigenvalue weighted by molar-refractivity contribution is 0.0830. The topological polar surface area (TPSA) is 83.7 Å². The molecule has 0 unspecified atom stereocenters. The molecule has 35 heavy (non-hydrogen) atoms. The Hall–Kier alpha value is -3.86. The molecule has 182 valence electrons. The Morgan fingerprint density at radius 1 is 1.20 bits per heavy atom. The molecule has 2 aliphatic heterocycles. The summed E-state index contributed by atoms with van der Waals surface area (Å²) in [4.78, 5) is 18.2. The number of aliphatic imine (C=N–C) groups is 1. The van der Waals surface area contributed by atoms with Crippen LogP contribution in [0.2, 0.25) is 0 Å². The van der Waals surface area contributed by atoms with Crippen molar-refractivity contribution in [3.8, 4) is 0 Å². The monoisotopic (exact) mass is 480 g/mol. The van der Waals surface area contributed by atoms with E-state index in [1.54, 1.807) is 30.3 Å². The van der Waals surface area contributed by atoms with Crippen molar-refractivity contribution in [2.24, 2.45) is 12.0 Å². The molecular formula is C24H26F2N8O. The van der Waals surface area contributed by atoms with E-state index < -0.39 is 11.6 Å². The average Bonchev–Trinajstić information content (AvgIpc) is 3.43. The van der Waals surface area contributed by atoms with Crippen LogP contribution in [0.1, 0.15) is 16.8 Å². The van der Waals surface area contributed by atoms with Crippen molar-refractivity contribution in [3.05, 3.63) is 77.1 Å². The van der Waals surface area contributed by atoms with E-state index in [0.29, 0.717) is 37.8 Å². The third-order valence-electron chi connectivity index (χ3n) is 6.11. The molecule has 0 aliphatic carbocycles. The molecule has 11 heteroatoms. The van der Waals surface area contributed by atoms with Crippen LogP contribution < -0.4 is 5.32 Å². The second kappa shape index (κ2) is 9.41. The number of ether oxygens (including phenoxy) is 1. The van der Waals surface area contributed by atoms with Crippen LogP contribution in [0.15, 0.2) is 53.7 Å². The molecule has 4 heterocycles. The van der Waals surface area contributed by atoms with Gasteiger partial charge >= 0.3 is 0 Å². The number of rotatable bonds is 7. The van der Waals surface area contributed by atoms with Crippen LogP contribution in [0.5, 0.6) is 0 Å². The maximum absolute atomic E-state index is 13.8. The normalized spacial score (nSPS) is 17.3. The van der Waals surface area contributed by atoms with E-state index >= 15 is 0 Å². The lowest BCUT2D eigenvalue weighted by Crippen LogP contribution is -2.47. The van der Waals surface area contributed by atoms with E-state index in [9.17, 15) is 8.78 Å². The summed E-state index contributed by atoms with van der Waals surface area (Å²) in [7, 11) is 3.49. The third-order valence-corrected chi connectivity index (χ3v) is 6.11. The molecule has 5 rings (SSSR count). The fourth-order valence-electron chi connectivity index (χ4n) is 4.29.